The van der Waals surface area contributed by atoms with Crippen LogP contribution in [0.2, 0.25) is 0 Å². The topological polar surface area (TPSA) is 63.4 Å². The molecule has 4 nitrogen and oxygen atoms in total. The lowest BCUT2D eigenvalue weighted by molar-refractivity contribution is -0.117. The fourth-order valence-corrected chi connectivity index (χ4v) is 2.52. The predicted molar refractivity (Wildman–Crippen MR) is 77.8 cm³/mol. The molecule has 0 saturated carbocycles. The summed E-state index contributed by atoms with van der Waals surface area (Å²) in [6.07, 6.45) is 0.276. The van der Waals surface area contributed by atoms with Crippen molar-refractivity contribution in [1.82, 2.24) is 0 Å². The molecule has 1 amide bonds. The van der Waals surface area contributed by atoms with E-state index in [1.807, 2.05) is 0 Å². The number of amides is 1. The van der Waals surface area contributed by atoms with Gasteiger partial charge in [0.2, 0.25) is 5.91 Å². The van der Waals surface area contributed by atoms with Crippen LogP contribution < -0.4 is 10.6 Å². The highest BCUT2D eigenvalue weighted by atomic mass is 19.1. The minimum absolute atomic E-state index is 0.00963. The highest BCUT2D eigenvalue weighted by molar-refractivity contribution is 6.10. The second-order valence-corrected chi connectivity index (χ2v) is 5.08. The van der Waals surface area contributed by atoms with E-state index in [9.17, 15) is 14.0 Å². The van der Waals surface area contributed by atoms with Crippen LogP contribution in [0.15, 0.2) is 36.4 Å². The number of rotatable bonds is 2. The van der Waals surface area contributed by atoms with E-state index in [1.165, 1.54) is 6.07 Å². The van der Waals surface area contributed by atoms with E-state index in [-0.39, 0.29) is 29.4 Å². The number of carbonyl (C=O) groups excluding carboxylic acids is 2. The van der Waals surface area contributed by atoms with Gasteiger partial charge in [-0.25, -0.2) is 4.39 Å². The number of anilines is 2. The Hall–Kier alpha value is -2.69. The standard InChI is InChI=1S/C16H13FN2O2/c1-19-14-3-2-9(4-10(14)7-15(19)20)16(21)11-5-12(17)8-13(18)6-11/h2-6,8H,7,18H2,1H3. The van der Waals surface area contributed by atoms with Gasteiger partial charge in [-0.15, -0.1) is 0 Å². The number of halogens is 1. The van der Waals surface area contributed by atoms with Gasteiger partial charge in [-0.05, 0) is 42.0 Å². The zero-order valence-corrected chi connectivity index (χ0v) is 11.4. The number of fused-ring (bicyclic) bond motifs is 1. The van der Waals surface area contributed by atoms with Crippen LogP contribution in [0.5, 0.6) is 0 Å². The maximum absolute atomic E-state index is 13.3. The largest absolute Gasteiger partial charge is 0.399 e. The van der Waals surface area contributed by atoms with Gasteiger partial charge >= 0.3 is 0 Å². The fourth-order valence-electron chi connectivity index (χ4n) is 2.52. The molecule has 5 heteroatoms. The van der Waals surface area contributed by atoms with Gasteiger partial charge in [0.15, 0.2) is 5.78 Å². The lowest BCUT2D eigenvalue weighted by Gasteiger charge is -2.10. The number of nitrogen functional groups attached to an aromatic ring is 1. The van der Waals surface area contributed by atoms with Crippen LogP contribution in [0.25, 0.3) is 0 Å². The van der Waals surface area contributed by atoms with Crippen LogP contribution in [-0.2, 0) is 11.2 Å². The number of nitrogens with two attached hydrogens (primary N) is 1. The van der Waals surface area contributed by atoms with Gasteiger partial charge < -0.3 is 10.6 Å². The van der Waals surface area contributed by atoms with Crippen molar-refractivity contribution in [2.75, 3.05) is 17.7 Å². The van der Waals surface area contributed by atoms with Gasteiger partial charge in [0, 0.05) is 29.5 Å². The number of carbonyl (C=O) groups is 2. The van der Waals surface area contributed by atoms with Crippen molar-refractivity contribution in [1.29, 1.82) is 0 Å². The van der Waals surface area contributed by atoms with Crippen LogP contribution >= 0.6 is 0 Å². The highest BCUT2D eigenvalue weighted by Crippen LogP contribution is 2.29. The number of ketones is 1. The average Bonchev–Trinajstić information content (AvgIpc) is 2.71. The Balaban J connectivity index is 2.00. The van der Waals surface area contributed by atoms with E-state index in [2.05, 4.69) is 0 Å². The van der Waals surface area contributed by atoms with E-state index in [0.717, 1.165) is 23.4 Å². The Morgan fingerprint density at radius 2 is 1.95 bits per heavy atom. The molecule has 2 aromatic carbocycles. The van der Waals surface area contributed by atoms with Crippen molar-refractivity contribution in [2.24, 2.45) is 0 Å². The number of likely N-dealkylation sites (N-methyl/N-ethyl adjacent to an activating group) is 1. The molecule has 2 N–H and O–H groups in total. The second kappa shape index (κ2) is 4.70. The van der Waals surface area contributed by atoms with Crippen molar-refractivity contribution in [3.05, 3.63) is 58.9 Å². The molecule has 0 radical (unpaired) electrons. The number of benzene rings is 2. The molecule has 0 fully saturated rings. The summed E-state index contributed by atoms with van der Waals surface area (Å²) in [5.41, 5.74) is 7.98. The van der Waals surface area contributed by atoms with Crippen LogP contribution in [0.3, 0.4) is 0 Å². The number of nitrogens with zero attached hydrogens (tertiary/aromatic N) is 1. The van der Waals surface area contributed by atoms with Crippen molar-refractivity contribution < 1.29 is 14.0 Å². The molecular weight excluding hydrogens is 271 g/mol. The molecule has 0 saturated heterocycles. The molecule has 3 rings (SSSR count). The third-order valence-corrected chi connectivity index (χ3v) is 3.60. The highest BCUT2D eigenvalue weighted by Gasteiger charge is 2.25. The Morgan fingerprint density at radius 1 is 1.19 bits per heavy atom. The summed E-state index contributed by atoms with van der Waals surface area (Å²) in [5.74, 6) is -0.870. The summed E-state index contributed by atoms with van der Waals surface area (Å²) in [4.78, 5) is 25.6. The minimum atomic E-state index is -0.547. The molecule has 0 unspecified atom stereocenters. The first kappa shape index (κ1) is 13.3. The van der Waals surface area contributed by atoms with E-state index >= 15 is 0 Å². The van der Waals surface area contributed by atoms with Crippen molar-refractivity contribution in [2.45, 2.75) is 6.42 Å². The summed E-state index contributed by atoms with van der Waals surface area (Å²) >= 11 is 0. The Labute approximate surface area is 121 Å². The van der Waals surface area contributed by atoms with Gasteiger partial charge in [0.25, 0.3) is 0 Å². The maximum Gasteiger partial charge on any atom is 0.231 e. The SMILES string of the molecule is CN1C(=O)Cc2cc(C(=O)c3cc(N)cc(F)c3)ccc21. The zero-order valence-electron chi connectivity index (χ0n) is 11.4. The molecule has 1 heterocycles. The van der Waals surface area contributed by atoms with Gasteiger partial charge in [0.05, 0.1) is 6.42 Å². The monoisotopic (exact) mass is 284 g/mol. The van der Waals surface area contributed by atoms with Gasteiger partial charge in [0.1, 0.15) is 5.82 Å². The lowest BCUT2D eigenvalue weighted by atomic mass is 10.00. The molecule has 0 aromatic heterocycles. The average molecular weight is 284 g/mol. The number of hydrogen-bond donors (Lipinski definition) is 1. The third kappa shape index (κ3) is 2.27. The summed E-state index contributed by atoms with van der Waals surface area (Å²) in [6, 6.07) is 8.81. The Bertz CT molecular complexity index is 751. The summed E-state index contributed by atoms with van der Waals surface area (Å²) in [6.45, 7) is 0. The smallest absolute Gasteiger partial charge is 0.231 e. The van der Waals surface area contributed by atoms with Crippen LogP contribution in [0.1, 0.15) is 21.5 Å². The summed E-state index contributed by atoms with van der Waals surface area (Å²) in [7, 11) is 1.70. The van der Waals surface area contributed by atoms with Crippen molar-refractivity contribution in [3.63, 3.8) is 0 Å². The maximum atomic E-state index is 13.3. The second-order valence-electron chi connectivity index (χ2n) is 5.08. The molecule has 0 bridgehead atoms. The molecule has 21 heavy (non-hydrogen) atoms. The third-order valence-electron chi connectivity index (χ3n) is 3.60. The van der Waals surface area contributed by atoms with Gasteiger partial charge in [-0.3, -0.25) is 9.59 Å². The van der Waals surface area contributed by atoms with E-state index < -0.39 is 5.82 Å². The first-order valence-electron chi connectivity index (χ1n) is 6.46. The van der Waals surface area contributed by atoms with Gasteiger partial charge in [-0.1, -0.05) is 0 Å². The molecule has 0 aliphatic carbocycles. The van der Waals surface area contributed by atoms with Crippen LogP contribution in [0, 0.1) is 5.82 Å². The van der Waals surface area contributed by atoms with Crippen molar-refractivity contribution >= 4 is 23.1 Å². The molecule has 2 aromatic rings. The first-order chi connectivity index (χ1) is 9.95. The Kier molecular flexibility index (Phi) is 2.97. The van der Waals surface area contributed by atoms with E-state index in [4.69, 9.17) is 5.73 Å². The van der Waals surface area contributed by atoms with E-state index in [0.29, 0.717) is 5.56 Å². The summed E-state index contributed by atoms with van der Waals surface area (Å²) < 4.78 is 13.3. The fraction of sp³-hybridized carbons (Fsp3) is 0.125. The minimum Gasteiger partial charge on any atom is -0.399 e. The molecule has 0 atom stereocenters. The first-order valence-corrected chi connectivity index (χ1v) is 6.46. The predicted octanol–water partition coefficient (Wildman–Crippen LogP) is 2.16. The lowest BCUT2D eigenvalue weighted by Crippen LogP contribution is -2.20. The number of hydrogen-bond acceptors (Lipinski definition) is 3. The van der Waals surface area contributed by atoms with Crippen LogP contribution in [-0.4, -0.2) is 18.7 Å². The molecule has 0 spiro atoms. The Morgan fingerprint density at radius 3 is 2.67 bits per heavy atom. The zero-order chi connectivity index (χ0) is 15.1. The molecule has 1 aliphatic heterocycles. The molecule has 106 valence electrons. The van der Waals surface area contributed by atoms with Crippen LogP contribution in [0.4, 0.5) is 15.8 Å². The quantitative estimate of drug-likeness (QED) is 0.679. The van der Waals surface area contributed by atoms with Crippen molar-refractivity contribution in [3.8, 4) is 0 Å². The normalized spacial score (nSPS) is 13.4. The molecule has 1 aliphatic rings. The summed E-state index contributed by atoms with van der Waals surface area (Å²) in [5, 5.41) is 0. The molecular formula is C16H13FN2O2. The van der Waals surface area contributed by atoms with E-state index in [1.54, 1.807) is 30.1 Å². The van der Waals surface area contributed by atoms with Gasteiger partial charge in [-0.2, -0.15) is 0 Å².